The monoisotopic (exact) mass is 252 g/mol. The molecular formula is C8H12N8O2. The number of carbonyl (C=O) groups excluding carboxylic acids is 1. The Labute approximate surface area is 101 Å². The standard InChI is InChI=1S/C8H12N8O2/c9-7-14-5(4-6(15-7)13-3-12-4)10-1-2-11-8(17)16-18/h3,18H,1-2H2,(H2,11,16,17)(H4,9,10,12,13,14,15). The Hall–Kier alpha value is -2.62. The molecule has 0 aliphatic heterocycles. The van der Waals surface area contributed by atoms with Crippen molar-refractivity contribution >= 4 is 29.0 Å². The van der Waals surface area contributed by atoms with E-state index in [0.717, 1.165) is 0 Å². The molecule has 96 valence electrons. The number of hydrogen-bond donors (Lipinski definition) is 6. The van der Waals surface area contributed by atoms with Crippen LogP contribution in [0.1, 0.15) is 0 Å². The number of hydroxylamine groups is 1. The zero-order chi connectivity index (χ0) is 13.0. The number of aromatic amines is 1. The van der Waals surface area contributed by atoms with Gasteiger partial charge in [0.05, 0.1) is 6.33 Å². The zero-order valence-electron chi connectivity index (χ0n) is 9.27. The van der Waals surface area contributed by atoms with Crippen molar-refractivity contribution in [2.45, 2.75) is 0 Å². The first-order valence-electron chi connectivity index (χ1n) is 5.09. The minimum Gasteiger partial charge on any atom is -0.368 e. The van der Waals surface area contributed by atoms with Crippen molar-refractivity contribution < 1.29 is 10.0 Å². The van der Waals surface area contributed by atoms with E-state index in [1.54, 1.807) is 0 Å². The number of rotatable bonds is 4. The average Bonchev–Trinajstić information content (AvgIpc) is 2.81. The highest BCUT2D eigenvalue weighted by atomic mass is 16.5. The molecule has 0 fully saturated rings. The van der Waals surface area contributed by atoms with E-state index >= 15 is 0 Å². The zero-order valence-corrected chi connectivity index (χ0v) is 9.27. The van der Waals surface area contributed by atoms with Crippen molar-refractivity contribution in [1.29, 1.82) is 0 Å². The second-order valence-electron chi connectivity index (χ2n) is 3.33. The molecule has 10 nitrogen and oxygen atoms in total. The summed E-state index contributed by atoms with van der Waals surface area (Å²) in [6.07, 6.45) is 1.49. The third-order valence-electron chi connectivity index (χ3n) is 2.11. The number of amides is 2. The van der Waals surface area contributed by atoms with Gasteiger partial charge in [-0.2, -0.15) is 9.97 Å². The molecule has 0 unspecified atom stereocenters. The number of fused-ring (bicyclic) bond motifs is 1. The van der Waals surface area contributed by atoms with Crippen LogP contribution in [0.15, 0.2) is 6.33 Å². The third-order valence-corrected chi connectivity index (χ3v) is 2.11. The van der Waals surface area contributed by atoms with E-state index in [0.29, 0.717) is 30.1 Å². The van der Waals surface area contributed by atoms with Gasteiger partial charge in [0.25, 0.3) is 0 Å². The van der Waals surface area contributed by atoms with Crippen LogP contribution < -0.4 is 21.8 Å². The van der Waals surface area contributed by atoms with Crippen LogP contribution in [0.5, 0.6) is 0 Å². The maximum absolute atomic E-state index is 10.7. The van der Waals surface area contributed by atoms with Gasteiger partial charge in [-0.1, -0.05) is 0 Å². The molecule has 18 heavy (non-hydrogen) atoms. The van der Waals surface area contributed by atoms with Gasteiger partial charge in [0.15, 0.2) is 11.5 Å². The van der Waals surface area contributed by atoms with Crippen LogP contribution in [-0.4, -0.2) is 44.3 Å². The van der Waals surface area contributed by atoms with Gasteiger partial charge in [-0.05, 0) is 0 Å². The normalized spacial score (nSPS) is 10.3. The second-order valence-corrected chi connectivity index (χ2v) is 3.33. The largest absolute Gasteiger partial charge is 0.368 e. The minimum atomic E-state index is -0.675. The predicted octanol–water partition coefficient (Wildman–Crippen LogP) is -0.965. The van der Waals surface area contributed by atoms with Gasteiger partial charge < -0.3 is 21.4 Å². The van der Waals surface area contributed by atoms with E-state index in [1.165, 1.54) is 11.8 Å². The number of anilines is 2. The summed E-state index contributed by atoms with van der Waals surface area (Å²) < 4.78 is 0. The summed E-state index contributed by atoms with van der Waals surface area (Å²) in [4.78, 5) is 25.5. The lowest BCUT2D eigenvalue weighted by Crippen LogP contribution is -2.36. The Morgan fingerprint density at radius 1 is 1.44 bits per heavy atom. The van der Waals surface area contributed by atoms with Gasteiger partial charge in [0.1, 0.15) is 5.52 Å². The second kappa shape index (κ2) is 5.14. The molecule has 2 rings (SSSR count). The molecule has 0 aromatic carbocycles. The number of imidazole rings is 1. The van der Waals surface area contributed by atoms with Gasteiger partial charge in [-0.3, -0.25) is 5.21 Å². The van der Waals surface area contributed by atoms with Crippen LogP contribution in [0.3, 0.4) is 0 Å². The maximum Gasteiger partial charge on any atom is 0.338 e. The summed E-state index contributed by atoms with van der Waals surface area (Å²) in [6, 6.07) is -0.675. The Morgan fingerprint density at radius 2 is 2.28 bits per heavy atom. The molecule has 2 aromatic heterocycles. The number of nitrogens with two attached hydrogens (primary N) is 1. The topological polar surface area (TPSA) is 154 Å². The highest BCUT2D eigenvalue weighted by Gasteiger charge is 2.07. The lowest BCUT2D eigenvalue weighted by Gasteiger charge is -2.07. The first-order chi connectivity index (χ1) is 8.70. The lowest BCUT2D eigenvalue weighted by atomic mass is 10.4. The van der Waals surface area contributed by atoms with Crippen molar-refractivity contribution in [3.63, 3.8) is 0 Å². The lowest BCUT2D eigenvalue weighted by molar-refractivity contribution is 0.162. The fraction of sp³-hybridized carbons (Fsp3) is 0.250. The van der Waals surface area contributed by atoms with Crippen molar-refractivity contribution in [2.24, 2.45) is 0 Å². The summed E-state index contributed by atoms with van der Waals surface area (Å²) in [5.74, 6) is 0.611. The SMILES string of the molecule is Nc1nc(NCCNC(=O)NO)c2[nH]cnc2n1. The number of H-pyrrole nitrogens is 1. The Balaban J connectivity index is 1.99. The summed E-state index contributed by atoms with van der Waals surface area (Å²) in [7, 11) is 0. The van der Waals surface area contributed by atoms with Crippen molar-refractivity contribution in [1.82, 2.24) is 30.7 Å². The highest BCUT2D eigenvalue weighted by Crippen LogP contribution is 2.16. The van der Waals surface area contributed by atoms with Gasteiger partial charge >= 0.3 is 6.03 Å². The van der Waals surface area contributed by atoms with Crippen LogP contribution >= 0.6 is 0 Å². The number of urea groups is 1. The van der Waals surface area contributed by atoms with Crippen LogP contribution in [0.2, 0.25) is 0 Å². The molecule has 0 atom stereocenters. The molecule has 2 aromatic rings. The van der Waals surface area contributed by atoms with E-state index in [2.05, 4.69) is 30.6 Å². The molecule has 0 bridgehead atoms. The Kier molecular flexibility index (Phi) is 3.38. The molecular weight excluding hydrogens is 240 g/mol. The summed E-state index contributed by atoms with van der Waals surface area (Å²) >= 11 is 0. The quantitative estimate of drug-likeness (QED) is 0.232. The summed E-state index contributed by atoms with van der Waals surface area (Å²) in [6.45, 7) is 0.698. The van der Waals surface area contributed by atoms with Crippen molar-refractivity contribution in [3.05, 3.63) is 6.33 Å². The third kappa shape index (κ3) is 2.55. The summed E-state index contributed by atoms with van der Waals surface area (Å²) in [5, 5.41) is 13.6. The number of nitrogen functional groups attached to an aromatic ring is 1. The van der Waals surface area contributed by atoms with Gasteiger partial charge in [-0.25, -0.2) is 15.3 Å². The molecule has 0 saturated carbocycles. The highest BCUT2D eigenvalue weighted by molar-refractivity contribution is 5.83. The van der Waals surface area contributed by atoms with E-state index < -0.39 is 6.03 Å². The smallest absolute Gasteiger partial charge is 0.338 e. The summed E-state index contributed by atoms with van der Waals surface area (Å²) in [5.41, 5.74) is 8.09. The molecule has 2 heterocycles. The molecule has 10 heteroatoms. The van der Waals surface area contributed by atoms with E-state index in [-0.39, 0.29) is 5.95 Å². The van der Waals surface area contributed by atoms with Gasteiger partial charge in [0, 0.05) is 13.1 Å². The molecule has 0 radical (unpaired) electrons. The number of nitrogens with zero attached hydrogens (tertiary/aromatic N) is 3. The average molecular weight is 252 g/mol. The van der Waals surface area contributed by atoms with Crippen molar-refractivity contribution in [2.75, 3.05) is 24.1 Å². The number of nitrogens with one attached hydrogen (secondary N) is 4. The van der Waals surface area contributed by atoms with Gasteiger partial charge in [-0.15, -0.1) is 0 Å². The maximum atomic E-state index is 10.7. The first kappa shape index (κ1) is 11.9. The van der Waals surface area contributed by atoms with Gasteiger partial charge in [0.2, 0.25) is 5.95 Å². The molecule has 0 saturated heterocycles. The van der Waals surface area contributed by atoms with Crippen molar-refractivity contribution in [3.8, 4) is 0 Å². The Bertz CT molecular complexity index is 553. The molecule has 7 N–H and O–H groups in total. The fourth-order valence-corrected chi connectivity index (χ4v) is 1.37. The van der Waals surface area contributed by atoms with E-state index in [9.17, 15) is 4.79 Å². The fourth-order valence-electron chi connectivity index (χ4n) is 1.37. The minimum absolute atomic E-state index is 0.109. The Morgan fingerprint density at radius 3 is 3.06 bits per heavy atom. The number of hydrogen-bond acceptors (Lipinski definition) is 7. The number of carbonyl (C=O) groups is 1. The van der Waals surface area contributed by atoms with Crippen LogP contribution in [-0.2, 0) is 0 Å². The van der Waals surface area contributed by atoms with Crippen LogP contribution in [0, 0.1) is 0 Å². The van der Waals surface area contributed by atoms with E-state index in [4.69, 9.17) is 10.9 Å². The molecule has 2 amide bonds. The molecule has 0 aliphatic carbocycles. The molecule has 0 spiro atoms. The van der Waals surface area contributed by atoms with Crippen LogP contribution in [0.4, 0.5) is 16.6 Å². The van der Waals surface area contributed by atoms with Crippen LogP contribution in [0.25, 0.3) is 11.2 Å². The van der Waals surface area contributed by atoms with E-state index in [1.807, 2.05) is 0 Å². The number of aromatic nitrogens is 4. The first-order valence-corrected chi connectivity index (χ1v) is 5.09. The molecule has 0 aliphatic rings. The predicted molar refractivity (Wildman–Crippen MR) is 62.9 cm³/mol.